The molecule has 8 heteroatoms. The zero-order valence-electron chi connectivity index (χ0n) is 19.1. The van der Waals surface area contributed by atoms with E-state index in [4.69, 9.17) is 9.47 Å². The lowest BCUT2D eigenvalue weighted by atomic mass is 9.83. The van der Waals surface area contributed by atoms with Crippen molar-refractivity contribution in [3.63, 3.8) is 0 Å². The molecule has 0 radical (unpaired) electrons. The maximum atomic E-state index is 13.3. The SMILES string of the molecule is CCOc1cc(C(c2c(O)cc(=O)n(C)c2C)c2c(O)cc(C)n(C)c2=O)ccc1OC. The number of hydrogen-bond acceptors (Lipinski definition) is 6. The van der Waals surface area contributed by atoms with Gasteiger partial charge in [0, 0.05) is 43.0 Å². The fourth-order valence-corrected chi connectivity index (χ4v) is 3.89. The molecule has 0 saturated carbocycles. The Morgan fingerprint density at radius 1 is 0.938 bits per heavy atom. The summed E-state index contributed by atoms with van der Waals surface area (Å²) in [5.74, 6) is -0.352. The quantitative estimate of drug-likeness (QED) is 0.611. The zero-order valence-corrected chi connectivity index (χ0v) is 19.1. The molecule has 2 aromatic heterocycles. The molecule has 0 aliphatic rings. The van der Waals surface area contributed by atoms with Gasteiger partial charge in [0.1, 0.15) is 11.5 Å². The summed E-state index contributed by atoms with van der Waals surface area (Å²) in [6.45, 7) is 5.64. The Hall–Kier alpha value is -3.68. The van der Waals surface area contributed by atoms with Gasteiger partial charge in [-0.1, -0.05) is 6.07 Å². The minimum atomic E-state index is -0.869. The Morgan fingerprint density at radius 3 is 2.22 bits per heavy atom. The van der Waals surface area contributed by atoms with Crippen LogP contribution in [0.5, 0.6) is 23.0 Å². The first-order chi connectivity index (χ1) is 15.1. The highest BCUT2D eigenvalue weighted by atomic mass is 16.5. The van der Waals surface area contributed by atoms with Crippen LogP contribution in [0, 0.1) is 13.8 Å². The molecule has 0 saturated heterocycles. The predicted octanol–water partition coefficient (Wildman–Crippen LogP) is 2.70. The lowest BCUT2D eigenvalue weighted by Crippen LogP contribution is -2.28. The minimum absolute atomic E-state index is 0.0859. The molecule has 32 heavy (non-hydrogen) atoms. The summed E-state index contributed by atoms with van der Waals surface area (Å²) >= 11 is 0. The molecule has 3 rings (SSSR count). The number of rotatable bonds is 6. The second-order valence-electron chi connectivity index (χ2n) is 7.65. The fourth-order valence-electron chi connectivity index (χ4n) is 3.89. The number of nitrogens with zero attached hydrogens (tertiary/aromatic N) is 2. The van der Waals surface area contributed by atoms with Crippen molar-refractivity contribution in [1.29, 1.82) is 0 Å². The predicted molar refractivity (Wildman–Crippen MR) is 121 cm³/mol. The summed E-state index contributed by atoms with van der Waals surface area (Å²) in [7, 11) is 4.73. The van der Waals surface area contributed by atoms with Crippen LogP contribution in [0.15, 0.2) is 39.9 Å². The van der Waals surface area contributed by atoms with E-state index in [9.17, 15) is 19.8 Å². The molecule has 0 fully saturated rings. The molecule has 0 aliphatic heterocycles. The summed E-state index contributed by atoms with van der Waals surface area (Å²) in [5.41, 5.74) is 1.28. The third-order valence-electron chi connectivity index (χ3n) is 5.84. The molecule has 2 N–H and O–H groups in total. The molecule has 2 heterocycles. The molecule has 1 unspecified atom stereocenters. The lowest BCUT2D eigenvalue weighted by molar-refractivity contribution is 0.310. The highest BCUT2D eigenvalue weighted by Crippen LogP contribution is 2.42. The van der Waals surface area contributed by atoms with Gasteiger partial charge in [-0.3, -0.25) is 9.59 Å². The van der Waals surface area contributed by atoms with Gasteiger partial charge < -0.3 is 28.8 Å². The van der Waals surface area contributed by atoms with Crippen LogP contribution in [0.3, 0.4) is 0 Å². The largest absolute Gasteiger partial charge is 0.507 e. The molecule has 1 aromatic carbocycles. The molecule has 0 aliphatic carbocycles. The number of ether oxygens (including phenoxy) is 2. The van der Waals surface area contributed by atoms with Gasteiger partial charge in [-0.2, -0.15) is 0 Å². The van der Waals surface area contributed by atoms with Crippen molar-refractivity contribution in [1.82, 2.24) is 9.13 Å². The van der Waals surface area contributed by atoms with Crippen molar-refractivity contribution in [3.8, 4) is 23.0 Å². The fraction of sp³-hybridized carbons (Fsp3) is 0.333. The second kappa shape index (κ2) is 8.82. The molecular formula is C24H28N2O6. The van der Waals surface area contributed by atoms with Gasteiger partial charge >= 0.3 is 0 Å². The van der Waals surface area contributed by atoms with Gasteiger partial charge in [-0.05, 0) is 44.5 Å². The van der Waals surface area contributed by atoms with Gasteiger partial charge in [0.15, 0.2) is 11.5 Å². The summed E-state index contributed by atoms with van der Waals surface area (Å²) in [4.78, 5) is 25.5. The van der Waals surface area contributed by atoms with Crippen LogP contribution >= 0.6 is 0 Å². The van der Waals surface area contributed by atoms with Gasteiger partial charge in [-0.25, -0.2) is 0 Å². The average Bonchev–Trinajstić information content (AvgIpc) is 2.75. The molecule has 170 valence electrons. The first-order valence-corrected chi connectivity index (χ1v) is 10.2. The molecular weight excluding hydrogens is 412 g/mol. The van der Waals surface area contributed by atoms with E-state index in [1.807, 2.05) is 6.92 Å². The molecule has 0 amide bonds. The van der Waals surface area contributed by atoms with E-state index >= 15 is 0 Å². The van der Waals surface area contributed by atoms with Gasteiger partial charge in [0.25, 0.3) is 11.1 Å². The highest BCUT2D eigenvalue weighted by molar-refractivity contribution is 5.56. The van der Waals surface area contributed by atoms with Crippen LogP contribution in [0.4, 0.5) is 0 Å². The van der Waals surface area contributed by atoms with Crippen molar-refractivity contribution in [2.24, 2.45) is 14.1 Å². The Labute approximate surface area is 185 Å². The lowest BCUT2D eigenvalue weighted by Gasteiger charge is -2.25. The second-order valence-corrected chi connectivity index (χ2v) is 7.65. The average molecular weight is 440 g/mol. The number of aromatic hydroxyl groups is 2. The molecule has 0 bridgehead atoms. The summed E-state index contributed by atoms with van der Waals surface area (Å²) in [5, 5.41) is 21.7. The van der Waals surface area contributed by atoms with Crippen LogP contribution in [0.1, 0.15) is 40.9 Å². The van der Waals surface area contributed by atoms with Crippen LogP contribution in [-0.2, 0) is 14.1 Å². The smallest absolute Gasteiger partial charge is 0.258 e. The van der Waals surface area contributed by atoms with Crippen LogP contribution in [0.2, 0.25) is 0 Å². The summed E-state index contributed by atoms with van der Waals surface area (Å²) in [6, 6.07) is 7.78. The number of aromatic nitrogens is 2. The maximum absolute atomic E-state index is 13.3. The van der Waals surface area contributed by atoms with E-state index in [1.54, 1.807) is 46.1 Å². The summed E-state index contributed by atoms with van der Waals surface area (Å²) in [6.07, 6.45) is 0. The number of aryl methyl sites for hydroxylation is 1. The number of methoxy groups -OCH3 is 1. The number of hydrogen-bond donors (Lipinski definition) is 2. The Kier molecular flexibility index (Phi) is 6.34. The third-order valence-corrected chi connectivity index (χ3v) is 5.84. The Morgan fingerprint density at radius 2 is 1.59 bits per heavy atom. The summed E-state index contributed by atoms with van der Waals surface area (Å²) < 4.78 is 13.9. The Balaban J connectivity index is 2.45. The zero-order chi connectivity index (χ0) is 23.7. The molecule has 1 atom stereocenters. The van der Waals surface area contributed by atoms with Crippen molar-refractivity contribution >= 4 is 0 Å². The van der Waals surface area contributed by atoms with Gasteiger partial charge in [0.05, 0.1) is 19.3 Å². The minimum Gasteiger partial charge on any atom is -0.507 e. The molecule has 8 nitrogen and oxygen atoms in total. The van der Waals surface area contributed by atoms with Crippen molar-refractivity contribution in [2.45, 2.75) is 26.7 Å². The number of pyridine rings is 2. The third kappa shape index (κ3) is 3.84. The molecule has 0 spiro atoms. The molecule has 3 aromatic rings. The van der Waals surface area contributed by atoms with E-state index in [1.165, 1.54) is 22.3 Å². The highest BCUT2D eigenvalue weighted by Gasteiger charge is 2.30. The maximum Gasteiger partial charge on any atom is 0.258 e. The van der Waals surface area contributed by atoms with Crippen LogP contribution < -0.4 is 20.6 Å². The van der Waals surface area contributed by atoms with E-state index in [0.717, 1.165) is 6.07 Å². The van der Waals surface area contributed by atoms with Crippen molar-refractivity contribution < 1.29 is 19.7 Å². The van der Waals surface area contributed by atoms with E-state index in [0.29, 0.717) is 40.6 Å². The van der Waals surface area contributed by atoms with Gasteiger partial charge in [0.2, 0.25) is 0 Å². The van der Waals surface area contributed by atoms with E-state index < -0.39 is 11.5 Å². The normalized spacial score (nSPS) is 11.9. The van der Waals surface area contributed by atoms with E-state index in [2.05, 4.69) is 0 Å². The first-order valence-electron chi connectivity index (χ1n) is 10.2. The topological polar surface area (TPSA) is 103 Å². The van der Waals surface area contributed by atoms with Crippen molar-refractivity contribution in [2.75, 3.05) is 13.7 Å². The van der Waals surface area contributed by atoms with E-state index in [-0.39, 0.29) is 22.6 Å². The van der Waals surface area contributed by atoms with Crippen LogP contribution in [0.25, 0.3) is 0 Å². The number of benzene rings is 1. The van der Waals surface area contributed by atoms with Crippen LogP contribution in [-0.4, -0.2) is 33.1 Å². The van der Waals surface area contributed by atoms with Gasteiger partial charge in [-0.15, -0.1) is 0 Å². The first kappa shape index (κ1) is 23.0. The Bertz CT molecular complexity index is 1290. The standard InChI is InChI=1S/C24H28N2O6/c1-7-32-19-11-15(8-9-18(19)31-6)22(21-14(3)26(5)20(29)12-17(21)28)23-16(27)10-13(2)25(4)24(23)30/h8-12,22,27-28H,7H2,1-6H3. The monoisotopic (exact) mass is 440 g/mol. The van der Waals surface area contributed by atoms with Crippen molar-refractivity contribution in [3.05, 3.63) is 79.1 Å².